The lowest BCUT2D eigenvalue weighted by molar-refractivity contribution is -0.256. The van der Waals surface area contributed by atoms with Crippen molar-refractivity contribution in [2.45, 2.75) is 76.9 Å². The summed E-state index contributed by atoms with van der Waals surface area (Å²) in [6.45, 7) is 12.2. The van der Waals surface area contributed by atoms with Crippen molar-refractivity contribution in [2.75, 3.05) is 44.1 Å². The average Bonchev–Trinajstić information content (AvgIpc) is 2.87. The second kappa shape index (κ2) is 15.3. The number of ether oxygens (including phenoxy) is 3. The van der Waals surface area contributed by atoms with Crippen molar-refractivity contribution >= 4 is 34.2 Å². The van der Waals surface area contributed by atoms with Gasteiger partial charge in [-0.25, -0.2) is 4.79 Å². The monoisotopic (exact) mass is 558 g/mol. The third kappa shape index (κ3) is 9.85. The zero-order valence-corrected chi connectivity index (χ0v) is 25.6. The van der Waals surface area contributed by atoms with Crippen molar-refractivity contribution in [3.63, 3.8) is 0 Å². The SMILES string of the molecule is CCOC(=O)C(OCC)(OCC)[C@@H](C[C@H](CC(=O)SC(C)(C)C)Nc1ccc(N(C)C)cc1)c1ccccc1. The van der Waals surface area contributed by atoms with Crippen LogP contribution in [-0.2, 0) is 23.8 Å². The van der Waals surface area contributed by atoms with Crippen LogP contribution in [0.5, 0.6) is 0 Å². The summed E-state index contributed by atoms with van der Waals surface area (Å²) in [4.78, 5) is 28.8. The Kier molecular flexibility index (Phi) is 12.8. The van der Waals surface area contributed by atoms with E-state index < -0.39 is 17.7 Å². The molecule has 2 rings (SSSR count). The summed E-state index contributed by atoms with van der Waals surface area (Å²) in [5, 5.41) is 3.65. The van der Waals surface area contributed by atoms with Crippen LogP contribution in [0.3, 0.4) is 0 Å². The Morgan fingerprint density at radius 2 is 1.49 bits per heavy atom. The smallest absolute Gasteiger partial charge is 0.367 e. The van der Waals surface area contributed by atoms with Gasteiger partial charge in [-0.3, -0.25) is 4.79 Å². The van der Waals surface area contributed by atoms with Crippen molar-refractivity contribution in [1.82, 2.24) is 0 Å². The molecular weight excluding hydrogens is 512 g/mol. The summed E-state index contributed by atoms with van der Waals surface area (Å²) in [6.07, 6.45) is 0.659. The van der Waals surface area contributed by atoms with Crippen LogP contribution in [0.1, 0.15) is 65.9 Å². The molecule has 0 bridgehead atoms. The Labute approximate surface area is 239 Å². The largest absolute Gasteiger partial charge is 0.462 e. The van der Waals surface area contributed by atoms with Crippen LogP contribution in [0.4, 0.5) is 11.4 Å². The van der Waals surface area contributed by atoms with Crippen LogP contribution >= 0.6 is 11.8 Å². The predicted octanol–water partition coefficient (Wildman–Crippen LogP) is 6.49. The number of hydrogen-bond donors (Lipinski definition) is 1. The van der Waals surface area contributed by atoms with Gasteiger partial charge in [0.25, 0.3) is 5.79 Å². The highest BCUT2D eigenvalue weighted by molar-refractivity contribution is 8.14. The summed E-state index contributed by atoms with van der Waals surface area (Å²) in [6, 6.07) is 17.5. The number of hydrogen-bond acceptors (Lipinski definition) is 8. The van der Waals surface area contributed by atoms with Gasteiger partial charge in [0.1, 0.15) is 0 Å². The summed E-state index contributed by atoms with van der Waals surface area (Å²) in [7, 11) is 3.99. The molecule has 0 aromatic heterocycles. The molecule has 0 unspecified atom stereocenters. The van der Waals surface area contributed by atoms with Crippen molar-refractivity contribution < 1.29 is 23.8 Å². The summed E-state index contributed by atoms with van der Waals surface area (Å²) in [5.74, 6) is -2.76. The van der Waals surface area contributed by atoms with E-state index in [0.29, 0.717) is 6.42 Å². The number of esters is 1. The van der Waals surface area contributed by atoms with Crippen molar-refractivity contribution in [3.05, 3.63) is 60.2 Å². The van der Waals surface area contributed by atoms with E-state index in [9.17, 15) is 9.59 Å². The van der Waals surface area contributed by atoms with Crippen molar-refractivity contribution in [3.8, 4) is 0 Å². The van der Waals surface area contributed by atoms with Crippen LogP contribution in [0.25, 0.3) is 0 Å². The van der Waals surface area contributed by atoms with Gasteiger partial charge in [-0.1, -0.05) is 62.9 Å². The maximum absolute atomic E-state index is 13.5. The second-order valence-electron chi connectivity index (χ2n) is 10.5. The minimum Gasteiger partial charge on any atom is -0.462 e. The van der Waals surface area contributed by atoms with Gasteiger partial charge in [-0.15, -0.1) is 0 Å². The summed E-state index contributed by atoms with van der Waals surface area (Å²) in [5.41, 5.74) is 2.84. The minimum absolute atomic E-state index is 0.0753. The zero-order valence-electron chi connectivity index (χ0n) is 24.8. The van der Waals surface area contributed by atoms with Gasteiger partial charge in [0.2, 0.25) is 0 Å². The van der Waals surface area contributed by atoms with Crippen LogP contribution in [0.15, 0.2) is 54.6 Å². The first-order valence-corrected chi connectivity index (χ1v) is 14.5. The highest BCUT2D eigenvalue weighted by Crippen LogP contribution is 2.40. The number of carbonyl (C=O) groups excluding carboxylic acids is 2. The molecule has 39 heavy (non-hydrogen) atoms. The van der Waals surface area contributed by atoms with Gasteiger partial charge in [-0.2, -0.15) is 0 Å². The zero-order chi connectivity index (χ0) is 29.1. The Bertz CT molecular complexity index is 1020. The third-order valence-corrected chi connectivity index (χ3v) is 7.05. The molecule has 0 aliphatic carbocycles. The fourth-order valence-electron chi connectivity index (χ4n) is 4.51. The molecule has 0 aliphatic heterocycles. The first kappa shape index (κ1) is 32.7. The van der Waals surface area contributed by atoms with E-state index in [1.807, 2.05) is 108 Å². The molecule has 0 radical (unpaired) electrons. The highest BCUT2D eigenvalue weighted by atomic mass is 32.2. The molecule has 7 nitrogen and oxygen atoms in total. The van der Waals surface area contributed by atoms with Crippen molar-refractivity contribution in [1.29, 1.82) is 0 Å². The molecule has 2 aromatic rings. The van der Waals surface area contributed by atoms with Crippen molar-refractivity contribution in [2.24, 2.45) is 0 Å². The van der Waals surface area contributed by atoms with E-state index in [-0.39, 0.29) is 42.1 Å². The molecule has 0 amide bonds. The van der Waals surface area contributed by atoms with E-state index in [2.05, 4.69) is 5.32 Å². The molecule has 0 saturated heterocycles. The van der Waals surface area contributed by atoms with Gasteiger partial charge in [0.05, 0.1) is 12.5 Å². The fourth-order valence-corrected chi connectivity index (χ4v) is 5.48. The van der Waals surface area contributed by atoms with Gasteiger partial charge >= 0.3 is 5.97 Å². The van der Waals surface area contributed by atoms with E-state index in [1.165, 1.54) is 11.8 Å². The van der Waals surface area contributed by atoms with E-state index in [0.717, 1.165) is 16.9 Å². The maximum atomic E-state index is 13.5. The number of thioether (sulfide) groups is 1. The summed E-state index contributed by atoms with van der Waals surface area (Å²) < 4.78 is 17.6. The van der Waals surface area contributed by atoms with Crippen LogP contribution in [0, 0.1) is 0 Å². The first-order chi connectivity index (χ1) is 18.5. The summed E-state index contributed by atoms with van der Waals surface area (Å²) >= 11 is 1.33. The van der Waals surface area contributed by atoms with Crippen LogP contribution in [-0.4, -0.2) is 61.6 Å². The predicted molar refractivity (Wildman–Crippen MR) is 162 cm³/mol. The molecule has 0 heterocycles. The van der Waals surface area contributed by atoms with Gasteiger partial charge in [-0.05, 0) is 57.0 Å². The lowest BCUT2D eigenvalue weighted by Crippen LogP contribution is -2.52. The molecule has 216 valence electrons. The lowest BCUT2D eigenvalue weighted by Gasteiger charge is -2.39. The molecule has 0 spiro atoms. The average molecular weight is 559 g/mol. The molecule has 1 N–H and O–H groups in total. The first-order valence-electron chi connectivity index (χ1n) is 13.7. The normalized spacial score (nSPS) is 13.4. The van der Waals surface area contributed by atoms with E-state index in [4.69, 9.17) is 14.2 Å². The molecule has 2 atom stereocenters. The molecule has 0 aliphatic rings. The maximum Gasteiger partial charge on any atom is 0.367 e. The highest BCUT2D eigenvalue weighted by Gasteiger charge is 2.51. The Morgan fingerprint density at radius 3 is 1.97 bits per heavy atom. The molecule has 2 aromatic carbocycles. The van der Waals surface area contributed by atoms with Crippen LogP contribution in [0.2, 0.25) is 0 Å². The van der Waals surface area contributed by atoms with Gasteiger partial charge in [0.15, 0.2) is 5.12 Å². The molecule has 8 heteroatoms. The number of rotatable bonds is 15. The van der Waals surface area contributed by atoms with E-state index >= 15 is 0 Å². The Balaban J connectivity index is 2.57. The second-order valence-corrected chi connectivity index (χ2v) is 12.4. The number of benzene rings is 2. The number of nitrogens with one attached hydrogen (secondary N) is 1. The topological polar surface area (TPSA) is 77.1 Å². The van der Waals surface area contributed by atoms with E-state index in [1.54, 1.807) is 6.92 Å². The molecule has 0 fully saturated rings. The lowest BCUT2D eigenvalue weighted by atomic mass is 9.83. The van der Waals surface area contributed by atoms with Crippen LogP contribution < -0.4 is 10.2 Å². The quantitative estimate of drug-likeness (QED) is 0.196. The standard InChI is InChI=1S/C31H46N2O5S/c1-9-36-29(35)31(37-10-2,38-11-3)27(23-15-13-12-14-16-23)21-25(22-28(34)39-30(4,5)6)32-24-17-19-26(20-18-24)33(7)8/h12-20,25,27,32H,9-11,21-22H2,1-8H3/t25-,27+/m1/s1. The Hall–Kier alpha value is -2.55. The number of anilines is 2. The van der Waals surface area contributed by atoms with Gasteiger partial charge in [0, 0.05) is 55.9 Å². The number of carbonyl (C=O) groups is 2. The third-order valence-electron chi connectivity index (χ3n) is 6.05. The van der Waals surface area contributed by atoms with Gasteiger partial charge < -0.3 is 24.4 Å². The molecular formula is C31H46N2O5S. The Morgan fingerprint density at radius 1 is 0.897 bits per heavy atom. The fraction of sp³-hybridized carbons (Fsp3) is 0.548. The molecule has 0 saturated carbocycles. The number of nitrogens with zero attached hydrogens (tertiary/aromatic N) is 1. The minimum atomic E-state index is -1.66.